The highest BCUT2D eigenvalue weighted by Gasteiger charge is 2.34. The second-order valence-corrected chi connectivity index (χ2v) is 5.63. The first-order valence-electron chi connectivity index (χ1n) is 7.56. The van der Waals surface area contributed by atoms with E-state index in [2.05, 4.69) is 15.3 Å². The Labute approximate surface area is 132 Å². The van der Waals surface area contributed by atoms with Crippen molar-refractivity contribution in [2.75, 3.05) is 6.61 Å². The van der Waals surface area contributed by atoms with Crippen LogP contribution in [0.5, 0.6) is 0 Å². The molecule has 1 saturated heterocycles. The summed E-state index contributed by atoms with van der Waals surface area (Å²) in [6.45, 7) is 0.607. The molecule has 0 spiro atoms. The van der Waals surface area contributed by atoms with E-state index in [1.54, 1.807) is 16.8 Å². The summed E-state index contributed by atoms with van der Waals surface area (Å²) < 4.78 is 9.47. The standard InChI is InChI=1S/C16H17N5O2/c1-20-8-6-17-15(20)14-11(5-9-23-14)19-16(22)12-10-18-13-4-2-3-7-21(12)13/h2-4,6-8,10-11,14H,5,9H2,1H3,(H,19,22)/t11-,14-/m0/s1. The number of fused-ring (bicyclic) bond motifs is 1. The van der Waals surface area contributed by atoms with Crippen LogP contribution >= 0.6 is 0 Å². The molecule has 1 N–H and O–H groups in total. The lowest BCUT2D eigenvalue weighted by molar-refractivity contribution is 0.0775. The molecule has 3 aromatic heterocycles. The molecule has 0 radical (unpaired) electrons. The minimum Gasteiger partial charge on any atom is -0.368 e. The Kier molecular flexibility index (Phi) is 3.34. The molecule has 23 heavy (non-hydrogen) atoms. The van der Waals surface area contributed by atoms with Crippen LogP contribution in [-0.2, 0) is 11.8 Å². The predicted molar refractivity (Wildman–Crippen MR) is 83.0 cm³/mol. The average Bonchev–Trinajstić information content (AvgIpc) is 3.26. The number of pyridine rings is 1. The molecule has 1 fully saturated rings. The number of carbonyl (C=O) groups excluding carboxylic acids is 1. The molecule has 7 heteroatoms. The lowest BCUT2D eigenvalue weighted by atomic mass is 10.1. The fraction of sp³-hybridized carbons (Fsp3) is 0.312. The Balaban J connectivity index is 1.57. The molecule has 1 aliphatic heterocycles. The summed E-state index contributed by atoms with van der Waals surface area (Å²) in [6, 6.07) is 5.54. The molecular weight excluding hydrogens is 294 g/mol. The van der Waals surface area contributed by atoms with Crippen LogP contribution in [0.15, 0.2) is 43.0 Å². The van der Waals surface area contributed by atoms with E-state index in [0.717, 1.165) is 17.9 Å². The van der Waals surface area contributed by atoms with Crippen LogP contribution in [0, 0.1) is 0 Å². The second-order valence-electron chi connectivity index (χ2n) is 5.63. The predicted octanol–water partition coefficient (Wildman–Crippen LogP) is 1.33. The van der Waals surface area contributed by atoms with Gasteiger partial charge in [0.25, 0.3) is 5.91 Å². The number of nitrogens with zero attached hydrogens (tertiary/aromatic N) is 4. The van der Waals surface area contributed by atoms with Gasteiger partial charge in [-0.05, 0) is 18.6 Å². The molecule has 0 aromatic carbocycles. The zero-order valence-electron chi connectivity index (χ0n) is 12.7. The Hall–Kier alpha value is -2.67. The van der Waals surface area contributed by atoms with E-state index in [0.29, 0.717) is 12.3 Å². The summed E-state index contributed by atoms with van der Waals surface area (Å²) in [5, 5.41) is 3.06. The number of nitrogens with one attached hydrogen (secondary N) is 1. The van der Waals surface area contributed by atoms with Gasteiger partial charge in [-0.2, -0.15) is 0 Å². The van der Waals surface area contributed by atoms with Crippen LogP contribution < -0.4 is 5.32 Å². The third-order valence-electron chi connectivity index (χ3n) is 4.17. The summed E-state index contributed by atoms with van der Waals surface area (Å²) in [7, 11) is 1.92. The van der Waals surface area contributed by atoms with Crippen molar-refractivity contribution in [1.29, 1.82) is 0 Å². The fourth-order valence-corrected chi connectivity index (χ4v) is 2.99. The van der Waals surface area contributed by atoms with Gasteiger partial charge in [0.05, 0.1) is 12.2 Å². The first kappa shape index (κ1) is 14.0. The average molecular weight is 311 g/mol. The number of amides is 1. The maximum Gasteiger partial charge on any atom is 0.270 e. The highest BCUT2D eigenvalue weighted by atomic mass is 16.5. The van der Waals surface area contributed by atoms with Gasteiger partial charge < -0.3 is 14.6 Å². The van der Waals surface area contributed by atoms with Gasteiger partial charge in [-0.15, -0.1) is 0 Å². The Morgan fingerprint density at radius 2 is 2.26 bits per heavy atom. The van der Waals surface area contributed by atoms with Crippen molar-refractivity contribution >= 4 is 11.6 Å². The quantitative estimate of drug-likeness (QED) is 0.792. The maximum atomic E-state index is 12.6. The highest BCUT2D eigenvalue weighted by Crippen LogP contribution is 2.28. The number of hydrogen-bond acceptors (Lipinski definition) is 4. The third-order valence-corrected chi connectivity index (χ3v) is 4.17. The number of imidazole rings is 2. The molecular formula is C16H17N5O2. The first-order chi connectivity index (χ1) is 11.2. The Morgan fingerprint density at radius 3 is 3.09 bits per heavy atom. The molecule has 0 unspecified atom stereocenters. The van der Waals surface area contributed by atoms with Gasteiger partial charge >= 0.3 is 0 Å². The summed E-state index contributed by atoms with van der Waals surface area (Å²) >= 11 is 0. The zero-order valence-corrected chi connectivity index (χ0v) is 12.7. The lowest BCUT2D eigenvalue weighted by Crippen LogP contribution is -2.38. The summed E-state index contributed by atoms with van der Waals surface area (Å²) in [4.78, 5) is 21.2. The van der Waals surface area contributed by atoms with Crippen molar-refractivity contribution < 1.29 is 9.53 Å². The van der Waals surface area contributed by atoms with E-state index >= 15 is 0 Å². The first-order valence-corrected chi connectivity index (χ1v) is 7.56. The van der Waals surface area contributed by atoms with Crippen molar-refractivity contribution in [3.05, 3.63) is 54.5 Å². The number of carbonyl (C=O) groups is 1. The van der Waals surface area contributed by atoms with Crippen molar-refractivity contribution in [2.45, 2.75) is 18.6 Å². The molecule has 118 valence electrons. The van der Waals surface area contributed by atoms with Crippen LogP contribution in [0.3, 0.4) is 0 Å². The molecule has 2 atom stereocenters. The molecule has 0 aliphatic carbocycles. The van der Waals surface area contributed by atoms with Gasteiger partial charge in [0, 0.05) is 32.2 Å². The Morgan fingerprint density at radius 1 is 1.35 bits per heavy atom. The van der Waals surface area contributed by atoms with E-state index in [9.17, 15) is 4.79 Å². The highest BCUT2D eigenvalue weighted by molar-refractivity contribution is 5.93. The lowest BCUT2D eigenvalue weighted by Gasteiger charge is -2.19. The molecule has 4 heterocycles. The molecule has 7 nitrogen and oxygen atoms in total. The van der Waals surface area contributed by atoms with E-state index in [1.807, 2.05) is 42.2 Å². The van der Waals surface area contributed by atoms with Crippen molar-refractivity contribution in [3.8, 4) is 0 Å². The number of aromatic nitrogens is 4. The van der Waals surface area contributed by atoms with E-state index in [-0.39, 0.29) is 18.1 Å². The van der Waals surface area contributed by atoms with Crippen LogP contribution in [-0.4, -0.2) is 37.5 Å². The number of hydrogen-bond donors (Lipinski definition) is 1. The van der Waals surface area contributed by atoms with Crippen molar-refractivity contribution in [1.82, 2.24) is 24.3 Å². The van der Waals surface area contributed by atoms with E-state index in [4.69, 9.17) is 4.74 Å². The summed E-state index contributed by atoms with van der Waals surface area (Å²) in [6.07, 6.45) is 7.58. The smallest absolute Gasteiger partial charge is 0.270 e. The second kappa shape index (κ2) is 5.51. The molecule has 0 saturated carbocycles. The third kappa shape index (κ3) is 2.39. The summed E-state index contributed by atoms with van der Waals surface area (Å²) in [5.41, 5.74) is 1.27. The van der Waals surface area contributed by atoms with Crippen LogP contribution in [0.4, 0.5) is 0 Å². The Bertz CT molecular complexity index is 853. The van der Waals surface area contributed by atoms with Gasteiger partial charge in [-0.25, -0.2) is 9.97 Å². The zero-order chi connectivity index (χ0) is 15.8. The molecule has 4 rings (SSSR count). The topological polar surface area (TPSA) is 73.4 Å². The maximum absolute atomic E-state index is 12.6. The normalized spacial score (nSPS) is 20.9. The van der Waals surface area contributed by atoms with Gasteiger partial charge in [0.2, 0.25) is 0 Å². The molecule has 1 aliphatic rings. The van der Waals surface area contributed by atoms with Gasteiger partial charge in [-0.3, -0.25) is 9.20 Å². The number of aryl methyl sites for hydroxylation is 1. The van der Waals surface area contributed by atoms with Gasteiger partial charge in [0.1, 0.15) is 23.3 Å². The van der Waals surface area contributed by atoms with Crippen molar-refractivity contribution in [3.63, 3.8) is 0 Å². The number of ether oxygens (including phenoxy) is 1. The van der Waals surface area contributed by atoms with E-state index < -0.39 is 0 Å². The van der Waals surface area contributed by atoms with Crippen LogP contribution in [0.1, 0.15) is 28.8 Å². The van der Waals surface area contributed by atoms with Crippen LogP contribution in [0.25, 0.3) is 5.65 Å². The summed E-state index contributed by atoms with van der Waals surface area (Å²) in [5.74, 6) is 0.671. The van der Waals surface area contributed by atoms with Crippen LogP contribution in [0.2, 0.25) is 0 Å². The number of rotatable bonds is 3. The monoisotopic (exact) mass is 311 g/mol. The van der Waals surface area contributed by atoms with Gasteiger partial charge in [-0.1, -0.05) is 6.07 Å². The molecule has 3 aromatic rings. The largest absolute Gasteiger partial charge is 0.368 e. The van der Waals surface area contributed by atoms with E-state index in [1.165, 1.54) is 0 Å². The van der Waals surface area contributed by atoms with Crippen molar-refractivity contribution in [2.24, 2.45) is 7.05 Å². The minimum absolute atomic E-state index is 0.0992. The minimum atomic E-state index is -0.224. The van der Waals surface area contributed by atoms with Gasteiger partial charge in [0.15, 0.2) is 0 Å². The molecule has 1 amide bonds. The fourth-order valence-electron chi connectivity index (χ4n) is 2.99. The molecule has 0 bridgehead atoms. The SMILES string of the molecule is Cn1ccnc1[C@H]1OCC[C@@H]1NC(=O)c1cnc2ccccn12.